The predicted octanol–water partition coefficient (Wildman–Crippen LogP) is 5.02. The van der Waals surface area contributed by atoms with Gasteiger partial charge in [0.15, 0.2) is 0 Å². The molecule has 0 bridgehead atoms. The summed E-state index contributed by atoms with van der Waals surface area (Å²) in [7, 11) is 1.63. The summed E-state index contributed by atoms with van der Waals surface area (Å²) < 4.78 is 17.4. The number of hydrogen-bond donors (Lipinski definition) is 1. The van der Waals surface area contributed by atoms with Gasteiger partial charge >= 0.3 is 0 Å². The molecule has 2 heterocycles. The van der Waals surface area contributed by atoms with Gasteiger partial charge in [-0.3, -0.25) is 0 Å². The summed E-state index contributed by atoms with van der Waals surface area (Å²) in [5, 5.41) is 15.5. The molecule has 0 spiro atoms. The molecule has 0 unspecified atom stereocenters. The summed E-state index contributed by atoms with van der Waals surface area (Å²) in [6.07, 6.45) is 0.790. The van der Waals surface area contributed by atoms with Crippen molar-refractivity contribution in [3.05, 3.63) is 59.1 Å². The quantitative estimate of drug-likeness (QED) is 0.417. The average molecular weight is 349 g/mol. The highest BCUT2D eigenvalue weighted by Crippen LogP contribution is 2.32. The van der Waals surface area contributed by atoms with Crippen LogP contribution >= 0.6 is 0 Å². The van der Waals surface area contributed by atoms with E-state index in [4.69, 9.17) is 13.6 Å². The lowest BCUT2D eigenvalue weighted by Gasteiger charge is -2.11. The Morgan fingerprint density at radius 1 is 1.08 bits per heavy atom. The maximum Gasteiger partial charge on any atom is 0.141 e. The van der Waals surface area contributed by atoms with E-state index >= 15 is 0 Å². The number of ether oxygens (including phenoxy) is 1. The molecule has 0 amide bonds. The van der Waals surface area contributed by atoms with Crippen molar-refractivity contribution in [3.8, 4) is 17.1 Å². The monoisotopic (exact) mass is 349 g/mol. The van der Waals surface area contributed by atoms with Crippen molar-refractivity contribution >= 4 is 21.9 Å². The molecule has 2 aromatic heterocycles. The molecular weight excluding hydrogens is 330 g/mol. The third-order valence-electron chi connectivity index (χ3n) is 4.64. The number of aryl methyl sites for hydroxylation is 2. The van der Waals surface area contributed by atoms with Crippen LogP contribution in [0.5, 0.6) is 5.75 Å². The molecule has 0 saturated carbocycles. The minimum absolute atomic E-state index is 0.431. The molecule has 0 aliphatic carbocycles. The van der Waals surface area contributed by atoms with Gasteiger partial charge < -0.3 is 18.8 Å². The van der Waals surface area contributed by atoms with Crippen LogP contribution in [0.2, 0.25) is 0 Å². The smallest absolute Gasteiger partial charge is 0.141 e. The lowest BCUT2D eigenvalue weighted by Crippen LogP contribution is -2.10. The standard InChI is InChI=1S/C21H19NO4/c1-4-13-9-15-18(11-17(13)24-3)25-12(2)20(21(15)22-23)19-10-14-7-5-6-8-16(14)26-19/h5-11,23H,4H2,1-3H3/b22-21-. The van der Waals surface area contributed by atoms with E-state index in [9.17, 15) is 5.21 Å². The summed E-state index contributed by atoms with van der Waals surface area (Å²) in [5.74, 6) is 1.97. The summed E-state index contributed by atoms with van der Waals surface area (Å²) in [6.45, 7) is 3.88. The van der Waals surface area contributed by atoms with Crippen molar-refractivity contribution in [3.63, 3.8) is 0 Å². The molecule has 0 saturated heterocycles. The van der Waals surface area contributed by atoms with Gasteiger partial charge in [-0.2, -0.15) is 0 Å². The molecule has 2 aromatic carbocycles. The fraction of sp³-hybridized carbons (Fsp3) is 0.190. The summed E-state index contributed by atoms with van der Waals surface area (Å²) in [5.41, 5.74) is 3.03. The van der Waals surface area contributed by atoms with Gasteiger partial charge in [0.2, 0.25) is 0 Å². The number of methoxy groups -OCH3 is 1. The zero-order valence-electron chi connectivity index (χ0n) is 14.9. The molecule has 0 fully saturated rings. The molecular formula is C21H19NO4. The minimum Gasteiger partial charge on any atom is -0.496 e. The van der Waals surface area contributed by atoms with Gasteiger partial charge in [0.1, 0.15) is 33.8 Å². The zero-order valence-corrected chi connectivity index (χ0v) is 14.9. The van der Waals surface area contributed by atoms with Crippen LogP contribution in [0.15, 0.2) is 56.5 Å². The van der Waals surface area contributed by atoms with Crippen LogP contribution in [0, 0.1) is 6.92 Å². The number of rotatable bonds is 3. The van der Waals surface area contributed by atoms with Gasteiger partial charge in [0.25, 0.3) is 0 Å². The van der Waals surface area contributed by atoms with Crippen LogP contribution in [-0.2, 0) is 6.42 Å². The summed E-state index contributed by atoms with van der Waals surface area (Å²) >= 11 is 0. The second-order valence-corrected chi connectivity index (χ2v) is 6.14. The lowest BCUT2D eigenvalue weighted by atomic mass is 10.0. The Morgan fingerprint density at radius 2 is 1.88 bits per heavy atom. The van der Waals surface area contributed by atoms with E-state index in [2.05, 4.69) is 5.16 Å². The first-order valence-corrected chi connectivity index (χ1v) is 8.47. The molecule has 132 valence electrons. The van der Waals surface area contributed by atoms with Crippen LogP contribution in [0.3, 0.4) is 0 Å². The van der Waals surface area contributed by atoms with Crippen LogP contribution in [0.25, 0.3) is 33.3 Å². The molecule has 0 atom stereocenters. The van der Waals surface area contributed by atoms with Gasteiger partial charge in [0.05, 0.1) is 12.7 Å². The Kier molecular flexibility index (Phi) is 3.92. The lowest BCUT2D eigenvalue weighted by molar-refractivity contribution is 0.302. The van der Waals surface area contributed by atoms with Crippen molar-refractivity contribution in [1.29, 1.82) is 0 Å². The van der Waals surface area contributed by atoms with E-state index in [-0.39, 0.29) is 0 Å². The van der Waals surface area contributed by atoms with Crippen molar-refractivity contribution in [2.24, 2.45) is 5.16 Å². The Balaban J connectivity index is 2.08. The fourth-order valence-corrected chi connectivity index (χ4v) is 3.36. The minimum atomic E-state index is 0.431. The topological polar surface area (TPSA) is 68.1 Å². The highest BCUT2D eigenvalue weighted by molar-refractivity contribution is 5.87. The van der Waals surface area contributed by atoms with E-state index in [0.717, 1.165) is 28.7 Å². The Bertz CT molecular complexity index is 1150. The first-order valence-electron chi connectivity index (χ1n) is 8.47. The first-order chi connectivity index (χ1) is 12.7. The first kappa shape index (κ1) is 16.3. The van der Waals surface area contributed by atoms with Crippen molar-refractivity contribution < 1.29 is 18.8 Å². The Labute approximate surface area is 150 Å². The third kappa shape index (κ3) is 2.44. The van der Waals surface area contributed by atoms with Gasteiger partial charge in [-0.05, 0) is 37.1 Å². The van der Waals surface area contributed by atoms with Gasteiger partial charge in [0, 0.05) is 16.8 Å². The number of hydrogen-bond acceptors (Lipinski definition) is 5. The zero-order chi connectivity index (χ0) is 18.3. The van der Waals surface area contributed by atoms with E-state index in [1.807, 2.05) is 56.3 Å². The van der Waals surface area contributed by atoms with E-state index in [1.165, 1.54) is 0 Å². The summed E-state index contributed by atoms with van der Waals surface area (Å²) in [6, 6.07) is 13.5. The highest BCUT2D eigenvalue weighted by Gasteiger charge is 2.18. The van der Waals surface area contributed by atoms with Crippen molar-refractivity contribution in [2.45, 2.75) is 20.3 Å². The Morgan fingerprint density at radius 3 is 2.58 bits per heavy atom. The van der Waals surface area contributed by atoms with Crippen molar-refractivity contribution in [1.82, 2.24) is 0 Å². The van der Waals surface area contributed by atoms with E-state index < -0.39 is 0 Å². The number of benzene rings is 2. The largest absolute Gasteiger partial charge is 0.496 e. The Hall–Kier alpha value is -3.21. The number of nitrogens with zero attached hydrogens (tertiary/aromatic N) is 1. The fourth-order valence-electron chi connectivity index (χ4n) is 3.36. The molecule has 26 heavy (non-hydrogen) atoms. The van der Waals surface area contributed by atoms with Crippen LogP contribution < -0.4 is 10.1 Å². The number of fused-ring (bicyclic) bond motifs is 2. The van der Waals surface area contributed by atoms with Gasteiger partial charge in [-0.25, -0.2) is 0 Å². The van der Waals surface area contributed by atoms with E-state index in [0.29, 0.717) is 33.4 Å². The highest BCUT2D eigenvalue weighted by atomic mass is 16.5. The second kappa shape index (κ2) is 6.26. The van der Waals surface area contributed by atoms with Crippen molar-refractivity contribution in [2.75, 3.05) is 7.11 Å². The molecule has 5 heteroatoms. The molecule has 0 aliphatic heterocycles. The third-order valence-corrected chi connectivity index (χ3v) is 4.64. The molecule has 0 radical (unpaired) electrons. The molecule has 1 N–H and O–H groups in total. The molecule has 5 nitrogen and oxygen atoms in total. The molecule has 0 aliphatic rings. The molecule has 4 rings (SSSR count). The van der Waals surface area contributed by atoms with Crippen LogP contribution in [0.4, 0.5) is 0 Å². The maximum absolute atomic E-state index is 9.78. The normalized spacial score (nSPS) is 12.2. The SMILES string of the molecule is CCc1cc2/c(=N/O)c(-c3cc4ccccc4o3)c(C)oc2cc1OC. The maximum atomic E-state index is 9.78. The van der Waals surface area contributed by atoms with E-state index in [1.54, 1.807) is 7.11 Å². The van der Waals surface area contributed by atoms with Gasteiger partial charge in [-0.15, -0.1) is 0 Å². The van der Waals surface area contributed by atoms with Crippen LogP contribution in [-0.4, -0.2) is 12.3 Å². The van der Waals surface area contributed by atoms with Crippen LogP contribution in [0.1, 0.15) is 18.2 Å². The number of para-hydroxylation sites is 1. The average Bonchev–Trinajstić information content (AvgIpc) is 3.09. The second-order valence-electron chi connectivity index (χ2n) is 6.14. The van der Waals surface area contributed by atoms with Gasteiger partial charge in [-0.1, -0.05) is 30.3 Å². The molecule has 4 aromatic rings. The predicted molar refractivity (Wildman–Crippen MR) is 99.4 cm³/mol. The summed E-state index contributed by atoms with van der Waals surface area (Å²) in [4.78, 5) is 0. The number of furan rings is 1.